The molecule has 1 fully saturated rings. The number of nitrogens with one attached hydrogen (secondary N) is 1. The average Bonchev–Trinajstić information content (AvgIpc) is 2.94. The van der Waals surface area contributed by atoms with Gasteiger partial charge in [0.2, 0.25) is 0 Å². The van der Waals surface area contributed by atoms with Crippen molar-refractivity contribution in [2.75, 3.05) is 6.54 Å². The summed E-state index contributed by atoms with van der Waals surface area (Å²) in [6.07, 6.45) is 4.32. The highest BCUT2D eigenvalue weighted by molar-refractivity contribution is 7.12. The number of alkyl halides is 1. The van der Waals surface area contributed by atoms with Crippen LogP contribution in [-0.2, 0) is 6.42 Å². The Morgan fingerprint density at radius 1 is 1.59 bits per heavy atom. The topological polar surface area (TPSA) is 29.1 Å². The van der Waals surface area contributed by atoms with Crippen LogP contribution in [0.15, 0.2) is 11.4 Å². The van der Waals surface area contributed by atoms with Gasteiger partial charge < -0.3 is 5.32 Å². The fourth-order valence-electron chi connectivity index (χ4n) is 2.34. The van der Waals surface area contributed by atoms with E-state index in [1.165, 1.54) is 17.8 Å². The summed E-state index contributed by atoms with van der Waals surface area (Å²) in [7, 11) is 0. The molecule has 0 aliphatic heterocycles. The highest BCUT2D eigenvalue weighted by Crippen LogP contribution is 2.29. The average molecular weight is 272 g/mol. The number of hydrogen-bond acceptors (Lipinski definition) is 2. The molecule has 0 saturated heterocycles. The molecule has 0 spiro atoms. The van der Waals surface area contributed by atoms with Gasteiger partial charge in [-0.05, 0) is 42.2 Å². The summed E-state index contributed by atoms with van der Waals surface area (Å²) < 4.78 is 0. The van der Waals surface area contributed by atoms with Gasteiger partial charge in [-0.25, -0.2) is 0 Å². The molecule has 1 aromatic rings. The van der Waals surface area contributed by atoms with Gasteiger partial charge in [0.15, 0.2) is 0 Å². The van der Waals surface area contributed by atoms with Gasteiger partial charge in [0, 0.05) is 11.9 Å². The molecule has 0 radical (unpaired) electrons. The van der Waals surface area contributed by atoms with Gasteiger partial charge in [0.25, 0.3) is 5.91 Å². The van der Waals surface area contributed by atoms with Crippen LogP contribution in [0.1, 0.15) is 41.4 Å². The van der Waals surface area contributed by atoms with Crippen molar-refractivity contribution >= 4 is 28.8 Å². The molecule has 2 nitrogen and oxygen atoms in total. The van der Waals surface area contributed by atoms with Gasteiger partial charge in [-0.3, -0.25) is 4.79 Å². The molecule has 0 bridgehead atoms. The second kappa shape index (κ2) is 5.87. The number of halogens is 1. The fraction of sp³-hybridized carbons (Fsp3) is 0.615. The Kier molecular flexibility index (Phi) is 4.46. The summed E-state index contributed by atoms with van der Waals surface area (Å²) >= 11 is 7.72. The quantitative estimate of drug-likeness (QED) is 0.835. The second-order valence-electron chi connectivity index (χ2n) is 4.55. The van der Waals surface area contributed by atoms with Crippen molar-refractivity contribution in [1.82, 2.24) is 5.32 Å². The van der Waals surface area contributed by atoms with Crippen molar-refractivity contribution in [1.29, 1.82) is 0 Å². The molecule has 1 N–H and O–H groups in total. The first-order valence-electron chi connectivity index (χ1n) is 6.21. The number of carbonyl (C=O) groups excluding carboxylic acids is 1. The Morgan fingerprint density at radius 2 is 2.41 bits per heavy atom. The van der Waals surface area contributed by atoms with Gasteiger partial charge in [-0.2, -0.15) is 0 Å². The minimum absolute atomic E-state index is 0.0626. The SMILES string of the molecule is CCc1ccsc1C(=O)NCC1CCCC1Cl. The van der Waals surface area contributed by atoms with E-state index in [2.05, 4.69) is 12.2 Å². The summed E-state index contributed by atoms with van der Waals surface area (Å²) in [5.41, 5.74) is 1.14. The van der Waals surface area contributed by atoms with Gasteiger partial charge in [0.1, 0.15) is 0 Å². The van der Waals surface area contributed by atoms with Crippen molar-refractivity contribution in [3.63, 3.8) is 0 Å². The van der Waals surface area contributed by atoms with Crippen LogP contribution in [0.3, 0.4) is 0 Å². The predicted octanol–water partition coefficient (Wildman–Crippen LogP) is 3.45. The molecule has 1 aromatic heterocycles. The zero-order valence-corrected chi connectivity index (χ0v) is 11.6. The van der Waals surface area contributed by atoms with Crippen molar-refractivity contribution in [3.05, 3.63) is 21.9 Å². The summed E-state index contributed by atoms with van der Waals surface area (Å²) in [5, 5.41) is 5.24. The Bertz CT molecular complexity index is 391. The van der Waals surface area contributed by atoms with Crippen LogP contribution in [0.4, 0.5) is 0 Å². The zero-order chi connectivity index (χ0) is 12.3. The van der Waals surface area contributed by atoms with Crippen molar-refractivity contribution in [2.24, 2.45) is 5.92 Å². The van der Waals surface area contributed by atoms with Crippen molar-refractivity contribution in [3.8, 4) is 0 Å². The number of carbonyl (C=O) groups is 1. The lowest BCUT2D eigenvalue weighted by atomic mass is 10.1. The normalized spacial score (nSPS) is 23.9. The minimum atomic E-state index is 0.0626. The first-order chi connectivity index (χ1) is 8.22. The van der Waals surface area contributed by atoms with E-state index < -0.39 is 0 Å². The molecule has 1 amide bonds. The summed E-state index contributed by atoms with van der Waals surface area (Å²) in [6.45, 7) is 2.79. The van der Waals surface area contributed by atoms with E-state index in [1.807, 2.05) is 11.4 Å². The summed E-state index contributed by atoms with van der Waals surface area (Å²) in [6, 6.07) is 2.03. The van der Waals surface area contributed by atoms with Crippen LogP contribution < -0.4 is 5.32 Å². The van der Waals surface area contributed by atoms with E-state index in [-0.39, 0.29) is 11.3 Å². The van der Waals surface area contributed by atoms with E-state index >= 15 is 0 Å². The zero-order valence-electron chi connectivity index (χ0n) is 10.0. The highest BCUT2D eigenvalue weighted by Gasteiger charge is 2.25. The van der Waals surface area contributed by atoms with Gasteiger partial charge in [0.05, 0.1) is 4.88 Å². The number of aryl methyl sites for hydroxylation is 1. The first kappa shape index (κ1) is 12.9. The fourth-order valence-corrected chi connectivity index (χ4v) is 3.62. The second-order valence-corrected chi connectivity index (χ2v) is 6.02. The number of hydrogen-bond donors (Lipinski definition) is 1. The summed E-state index contributed by atoms with van der Waals surface area (Å²) in [4.78, 5) is 12.9. The van der Waals surface area contributed by atoms with E-state index in [4.69, 9.17) is 11.6 Å². The highest BCUT2D eigenvalue weighted by atomic mass is 35.5. The van der Waals surface area contributed by atoms with Crippen LogP contribution in [-0.4, -0.2) is 17.8 Å². The third kappa shape index (κ3) is 3.02. The number of thiophene rings is 1. The smallest absolute Gasteiger partial charge is 0.261 e. The van der Waals surface area contributed by atoms with Gasteiger partial charge in [-0.15, -0.1) is 22.9 Å². The molecule has 1 aliphatic rings. The lowest BCUT2D eigenvalue weighted by Crippen LogP contribution is -2.31. The third-order valence-electron chi connectivity index (χ3n) is 3.43. The van der Waals surface area contributed by atoms with E-state index in [0.29, 0.717) is 12.5 Å². The maximum Gasteiger partial charge on any atom is 0.261 e. The predicted molar refractivity (Wildman–Crippen MR) is 73.0 cm³/mol. The molecular weight excluding hydrogens is 254 g/mol. The molecule has 1 aliphatic carbocycles. The maximum absolute atomic E-state index is 12.0. The third-order valence-corrected chi connectivity index (χ3v) is 4.96. The van der Waals surface area contributed by atoms with E-state index in [1.54, 1.807) is 0 Å². The molecule has 94 valence electrons. The molecule has 0 aromatic carbocycles. The number of rotatable bonds is 4. The molecule has 1 heterocycles. The maximum atomic E-state index is 12.0. The molecule has 2 unspecified atom stereocenters. The minimum Gasteiger partial charge on any atom is -0.351 e. The first-order valence-corrected chi connectivity index (χ1v) is 7.52. The summed E-state index contributed by atoms with van der Waals surface area (Å²) in [5.74, 6) is 0.512. The van der Waals surface area contributed by atoms with Crippen LogP contribution >= 0.6 is 22.9 Å². The van der Waals surface area contributed by atoms with Crippen LogP contribution in [0, 0.1) is 5.92 Å². The molecular formula is C13H18ClNOS. The Morgan fingerprint density at radius 3 is 3.06 bits per heavy atom. The van der Waals surface area contributed by atoms with Crippen LogP contribution in [0.5, 0.6) is 0 Å². The molecule has 2 atom stereocenters. The van der Waals surface area contributed by atoms with Crippen LogP contribution in [0.25, 0.3) is 0 Å². The van der Waals surface area contributed by atoms with E-state index in [0.717, 1.165) is 29.7 Å². The molecule has 4 heteroatoms. The lowest BCUT2D eigenvalue weighted by Gasteiger charge is -2.14. The molecule has 17 heavy (non-hydrogen) atoms. The van der Waals surface area contributed by atoms with Crippen LogP contribution in [0.2, 0.25) is 0 Å². The van der Waals surface area contributed by atoms with Crippen molar-refractivity contribution in [2.45, 2.75) is 38.0 Å². The molecule has 2 rings (SSSR count). The lowest BCUT2D eigenvalue weighted by molar-refractivity contribution is 0.0951. The molecule has 1 saturated carbocycles. The standard InChI is InChI=1S/C13H18ClNOS/c1-2-9-6-7-17-12(9)13(16)15-8-10-4-3-5-11(10)14/h6-7,10-11H,2-5,8H2,1H3,(H,15,16). The van der Waals surface area contributed by atoms with Gasteiger partial charge >= 0.3 is 0 Å². The van der Waals surface area contributed by atoms with Crippen molar-refractivity contribution < 1.29 is 4.79 Å². The largest absolute Gasteiger partial charge is 0.351 e. The van der Waals surface area contributed by atoms with E-state index in [9.17, 15) is 4.79 Å². The van der Waals surface area contributed by atoms with Gasteiger partial charge in [-0.1, -0.05) is 13.3 Å². The number of amides is 1. The Balaban J connectivity index is 1.89. The monoisotopic (exact) mass is 271 g/mol. The Hall–Kier alpha value is -0.540. The Labute approximate surface area is 111 Å².